The van der Waals surface area contributed by atoms with Crippen molar-refractivity contribution in [1.29, 1.82) is 0 Å². The van der Waals surface area contributed by atoms with Crippen molar-refractivity contribution < 1.29 is 5.11 Å². The maximum absolute atomic E-state index is 9.28. The van der Waals surface area contributed by atoms with Crippen molar-refractivity contribution in [1.82, 2.24) is 9.97 Å². The molecule has 5 heteroatoms. The summed E-state index contributed by atoms with van der Waals surface area (Å²) < 4.78 is 0. The molecule has 16 heavy (non-hydrogen) atoms. The smallest absolute Gasteiger partial charge is 0.222 e. The highest BCUT2D eigenvalue weighted by Crippen LogP contribution is 2.25. The maximum Gasteiger partial charge on any atom is 0.222 e. The molecular formula is C11H14N4O. The van der Waals surface area contributed by atoms with E-state index in [1.165, 1.54) is 0 Å². The molecule has 1 aliphatic rings. The second kappa shape index (κ2) is 4.22. The molecule has 0 bridgehead atoms. The quantitative estimate of drug-likeness (QED) is 0.703. The monoisotopic (exact) mass is 218 g/mol. The number of allylic oxidation sites excluding steroid dienone is 4. The van der Waals surface area contributed by atoms with Gasteiger partial charge in [0.25, 0.3) is 0 Å². The Kier molecular flexibility index (Phi) is 2.76. The fraction of sp³-hybridized carbons (Fsp3) is 0.273. The van der Waals surface area contributed by atoms with Gasteiger partial charge in [0.05, 0.1) is 11.5 Å². The van der Waals surface area contributed by atoms with Crippen LogP contribution in [-0.2, 0) is 0 Å². The third-order valence-corrected chi connectivity index (χ3v) is 2.46. The average molecular weight is 218 g/mol. The summed E-state index contributed by atoms with van der Waals surface area (Å²) in [7, 11) is 1.78. The highest BCUT2D eigenvalue weighted by Gasteiger charge is 2.10. The first kappa shape index (κ1) is 10.5. The number of anilines is 2. The van der Waals surface area contributed by atoms with Gasteiger partial charge in [0, 0.05) is 19.5 Å². The fourth-order valence-corrected chi connectivity index (χ4v) is 1.60. The second-order valence-corrected chi connectivity index (χ2v) is 3.60. The van der Waals surface area contributed by atoms with Crippen LogP contribution in [-0.4, -0.2) is 22.1 Å². The summed E-state index contributed by atoms with van der Waals surface area (Å²) in [5.41, 5.74) is 7.48. The van der Waals surface area contributed by atoms with Gasteiger partial charge < -0.3 is 16.2 Å². The van der Waals surface area contributed by atoms with E-state index in [0.717, 1.165) is 17.7 Å². The zero-order valence-electron chi connectivity index (χ0n) is 9.07. The van der Waals surface area contributed by atoms with Crippen molar-refractivity contribution >= 4 is 17.3 Å². The van der Waals surface area contributed by atoms with Crippen LogP contribution in [0.1, 0.15) is 18.5 Å². The maximum atomic E-state index is 9.28. The van der Waals surface area contributed by atoms with Crippen molar-refractivity contribution in [3.63, 3.8) is 0 Å². The molecule has 0 fully saturated rings. The molecule has 5 nitrogen and oxygen atoms in total. The van der Waals surface area contributed by atoms with E-state index in [2.05, 4.69) is 15.3 Å². The molecule has 0 saturated heterocycles. The first-order valence-corrected chi connectivity index (χ1v) is 5.10. The molecule has 0 atom stereocenters. The molecule has 0 aliphatic heterocycles. The molecule has 0 aromatic carbocycles. The van der Waals surface area contributed by atoms with Crippen molar-refractivity contribution in [3.8, 4) is 0 Å². The number of nitrogen functional groups attached to an aromatic ring is 1. The number of hydrogen-bond donors (Lipinski definition) is 3. The minimum atomic E-state index is 0.251. The third kappa shape index (κ3) is 2.13. The number of aliphatic hydroxyl groups is 1. The lowest BCUT2D eigenvalue weighted by atomic mass is 10.0. The predicted molar refractivity (Wildman–Crippen MR) is 63.9 cm³/mol. The normalized spacial score (nSPS) is 15.3. The van der Waals surface area contributed by atoms with Crippen LogP contribution in [0, 0.1) is 0 Å². The highest BCUT2D eigenvalue weighted by molar-refractivity contribution is 5.68. The van der Waals surface area contributed by atoms with E-state index in [1.54, 1.807) is 13.1 Å². The summed E-state index contributed by atoms with van der Waals surface area (Å²) in [4.78, 5) is 8.20. The number of aromatic nitrogens is 2. The van der Waals surface area contributed by atoms with Gasteiger partial charge in [-0.3, -0.25) is 0 Å². The number of nitrogens with one attached hydrogen (secondary N) is 1. The van der Waals surface area contributed by atoms with Gasteiger partial charge in [-0.25, -0.2) is 4.98 Å². The molecule has 1 aromatic rings. The minimum Gasteiger partial charge on any atom is -0.512 e. The molecule has 2 rings (SSSR count). The standard InChI is InChI=1S/C11H14N4O/c1-13-10-6-9(14-11(12)15-10)7-2-4-8(16)5-3-7/h2,4,6,16H,3,5H2,1H3,(H3,12,13,14,15). The Morgan fingerprint density at radius 2 is 2.12 bits per heavy atom. The first-order chi connectivity index (χ1) is 7.69. The molecule has 84 valence electrons. The topological polar surface area (TPSA) is 84.1 Å². The zero-order chi connectivity index (χ0) is 11.5. The Labute approximate surface area is 93.7 Å². The van der Waals surface area contributed by atoms with Crippen LogP contribution in [0.25, 0.3) is 5.57 Å². The van der Waals surface area contributed by atoms with Crippen molar-refractivity contribution in [3.05, 3.63) is 29.7 Å². The molecule has 0 spiro atoms. The summed E-state index contributed by atoms with van der Waals surface area (Å²) in [6, 6.07) is 1.85. The van der Waals surface area contributed by atoms with E-state index < -0.39 is 0 Å². The largest absolute Gasteiger partial charge is 0.512 e. The Balaban J connectivity index is 2.37. The van der Waals surface area contributed by atoms with Gasteiger partial charge >= 0.3 is 0 Å². The Hall–Kier alpha value is -2.04. The second-order valence-electron chi connectivity index (χ2n) is 3.60. The Bertz CT molecular complexity index is 465. The number of nitrogens with two attached hydrogens (primary N) is 1. The molecule has 1 heterocycles. The minimum absolute atomic E-state index is 0.251. The molecule has 4 N–H and O–H groups in total. The van der Waals surface area contributed by atoms with E-state index in [0.29, 0.717) is 18.0 Å². The van der Waals surface area contributed by atoms with Gasteiger partial charge in [0.2, 0.25) is 5.95 Å². The molecule has 0 saturated carbocycles. The summed E-state index contributed by atoms with van der Waals surface area (Å²) >= 11 is 0. The van der Waals surface area contributed by atoms with E-state index >= 15 is 0 Å². The van der Waals surface area contributed by atoms with Gasteiger partial charge in [0.1, 0.15) is 5.82 Å². The lowest BCUT2D eigenvalue weighted by Gasteiger charge is -2.11. The lowest BCUT2D eigenvalue weighted by molar-refractivity contribution is 0.388. The van der Waals surface area contributed by atoms with Gasteiger partial charge in [0.15, 0.2) is 0 Å². The van der Waals surface area contributed by atoms with Crippen molar-refractivity contribution in [2.24, 2.45) is 0 Å². The molecule has 1 aromatic heterocycles. The van der Waals surface area contributed by atoms with Crippen LogP contribution < -0.4 is 11.1 Å². The molecule has 0 radical (unpaired) electrons. The number of nitrogens with zero attached hydrogens (tertiary/aromatic N) is 2. The molecule has 0 amide bonds. The molecule has 0 unspecified atom stereocenters. The van der Waals surface area contributed by atoms with Crippen LogP contribution in [0.4, 0.5) is 11.8 Å². The zero-order valence-corrected chi connectivity index (χ0v) is 9.07. The Morgan fingerprint density at radius 1 is 1.31 bits per heavy atom. The Morgan fingerprint density at radius 3 is 2.75 bits per heavy atom. The van der Waals surface area contributed by atoms with Gasteiger partial charge in [-0.15, -0.1) is 0 Å². The molecule has 1 aliphatic carbocycles. The number of rotatable bonds is 2. The van der Waals surface area contributed by atoms with Crippen LogP contribution in [0.2, 0.25) is 0 Å². The summed E-state index contributed by atoms with van der Waals surface area (Å²) in [5, 5.41) is 12.2. The number of aliphatic hydroxyl groups excluding tert-OH is 1. The lowest BCUT2D eigenvalue weighted by Crippen LogP contribution is -2.04. The first-order valence-electron chi connectivity index (χ1n) is 5.10. The fourth-order valence-electron chi connectivity index (χ4n) is 1.60. The summed E-state index contributed by atoms with van der Waals surface area (Å²) in [5.74, 6) is 1.35. The van der Waals surface area contributed by atoms with E-state index in [-0.39, 0.29) is 5.95 Å². The number of hydrogen-bond acceptors (Lipinski definition) is 5. The van der Waals surface area contributed by atoms with Gasteiger partial charge in [-0.05, 0) is 18.1 Å². The van der Waals surface area contributed by atoms with E-state index in [1.807, 2.05) is 12.1 Å². The van der Waals surface area contributed by atoms with E-state index in [9.17, 15) is 5.11 Å². The van der Waals surface area contributed by atoms with Gasteiger partial charge in [-0.2, -0.15) is 4.98 Å². The third-order valence-electron chi connectivity index (χ3n) is 2.46. The van der Waals surface area contributed by atoms with Crippen LogP contribution >= 0.6 is 0 Å². The van der Waals surface area contributed by atoms with Crippen LogP contribution in [0.3, 0.4) is 0 Å². The van der Waals surface area contributed by atoms with Crippen LogP contribution in [0.5, 0.6) is 0 Å². The van der Waals surface area contributed by atoms with E-state index in [4.69, 9.17) is 5.73 Å². The predicted octanol–water partition coefficient (Wildman–Crippen LogP) is 1.72. The summed E-state index contributed by atoms with van der Waals surface area (Å²) in [6.07, 6.45) is 4.96. The van der Waals surface area contributed by atoms with Gasteiger partial charge in [-0.1, -0.05) is 6.08 Å². The molecular weight excluding hydrogens is 204 g/mol. The van der Waals surface area contributed by atoms with Crippen molar-refractivity contribution in [2.45, 2.75) is 12.8 Å². The van der Waals surface area contributed by atoms with Crippen LogP contribution in [0.15, 0.2) is 24.0 Å². The van der Waals surface area contributed by atoms with Crippen molar-refractivity contribution in [2.75, 3.05) is 18.1 Å². The average Bonchev–Trinajstić information content (AvgIpc) is 2.29. The highest BCUT2D eigenvalue weighted by atomic mass is 16.3. The SMILES string of the molecule is CNc1cc(C2=CC=C(O)CC2)nc(N)n1. The summed E-state index contributed by atoms with van der Waals surface area (Å²) in [6.45, 7) is 0.